The van der Waals surface area contributed by atoms with Gasteiger partial charge in [-0.2, -0.15) is 0 Å². The first kappa shape index (κ1) is 15.0. The van der Waals surface area contributed by atoms with Gasteiger partial charge in [0.25, 0.3) is 0 Å². The van der Waals surface area contributed by atoms with E-state index in [9.17, 15) is 4.79 Å². The van der Waals surface area contributed by atoms with Crippen LogP contribution < -0.4 is 5.73 Å². The molecule has 0 aliphatic carbocycles. The average molecular weight is 251 g/mol. The molecule has 0 radical (unpaired) electrons. The molecule has 5 heteroatoms. The smallest absolute Gasteiger partial charge is 0.403 e. The van der Waals surface area contributed by atoms with Crippen LogP contribution in [0.25, 0.3) is 0 Å². The lowest BCUT2D eigenvalue weighted by Gasteiger charge is -2.32. The summed E-state index contributed by atoms with van der Waals surface area (Å²) in [5, 5.41) is 0. The Morgan fingerprint density at radius 1 is 1.22 bits per heavy atom. The molecule has 0 saturated carbocycles. The number of allylic oxidation sites excluding steroid dienone is 2. The van der Waals surface area contributed by atoms with Crippen molar-refractivity contribution in [1.82, 2.24) is 0 Å². The minimum absolute atomic E-state index is 0.280. The van der Waals surface area contributed by atoms with Gasteiger partial charge in [-0.05, 0) is 34.6 Å². The molecule has 2 N–H and O–H groups in total. The lowest BCUT2D eigenvalue weighted by Crippen LogP contribution is -2.41. The Balaban J connectivity index is 2.58. The van der Waals surface area contributed by atoms with E-state index in [4.69, 9.17) is 15.0 Å². The van der Waals surface area contributed by atoms with E-state index in [1.807, 2.05) is 33.8 Å². The van der Waals surface area contributed by atoms with Gasteiger partial charge in [0, 0.05) is 11.9 Å². The van der Waals surface area contributed by atoms with Crippen LogP contribution in [0.5, 0.6) is 0 Å². The van der Waals surface area contributed by atoms with Gasteiger partial charge in [0.05, 0.1) is 11.2 Å². The van der Waals surface area contributed by atoms with Crippen molar-refractivity contribution >= 4 is 13.0 Å². The van der Waals surface area contributed by atoms with Gasteiger partial charge in [0.2, 0.25) is 5.91 Å². The van der Waals surface area contributed by atoms with Gasteiger partial charge in [-0.15, -0.1) is 0 Å². The van der Waals surface area contributed by atoms with Gasteiger partial charge in [-0.3, -0.25) is 4.79 Å². The monoisotopic (exact) mass is 251 g/mol. The van der Waals surface area contributed by atoms with Gasteiger partial charge in [-0.25, -0.2) is 0 Å². The van der Waals surface area contributed by atoms with Crippen molar-refractivity contribution in [3.8, 4) is 0 Å². The van der Waals surface area contributed by atoms with E-state index in [1.165, 1.54) is 0 Å². The van der Waals surface area contributed by atoms with Crippen LogP contribution in [0.15, 0.2) is 23.8 Å². The van der Waals surface area contributed by atoms with E-state index < -0.39 is 5.91 Å². The third-order valence-corrected chi connectivity index (χ3v) is 3.52. The normalized spacial score (nSPS) is 22.7. The highest BCUT2D eigenvalue weighted by atomic mass is 16.7. The molecule has 1 aliphatic rings. The number of carbonyl (C=O) groups is 1. The number of hydrogen-bond donors (Lipinski definition) is 1. The molecule has 1 saturated heterocycles. The van der Waals surface area contributed by atoms with Crippen LogP contribution in [0.3, 0.4) is 0 Å². The fourth-order valence-electron chi connectivity index (χ4n) is 1.69. The van der Waals surface area contributed by atoms with Crippen molar-refractivity contribution in [3.63, 3.8) is 0 Å². The molecule has 100 valence electrons. The Morgan fingerprint density at radius 2 is 1.72 bits per heavy atom. The van der Waals surface area contributed by atoms with Gasteiger partial charge >= 0.3 is 7.12 Å². The van der Waals surface area contributed by atoms with E-state index in [1.54, 1.807) is 19.1 Å². The molecular formula is C13H22BNO3. The van der Waals surface area contributed by atoms with Gasteiger partial charge < -0.3 is 15.0 Å². The largest absolute Gasteiger partial charge is 0.461 e. The maximum Gasteiger partial charge on any atom is 0.461 e. The van der Waals surface area contributed by atoms with E-state index >= 15 is 0 Å². The second-order valence-corrected chi connectivity index (χ2v) is 5.43. The van der Waals surface area contributed by atoms with Gasteiger partial charge in [0.15, 0.2) is 0 Å². The molecule has 1 rings (SSSR count). The Labute approximate surface area is 109 Å². The molecule has 1 amide bonds. The molecule has 18 heavy (non-hydrogen) atoms. The molecule has 0 aromatic rings. The average Bonchev–Trinajstić information content (AvgIpc) is 2.42. The summed E-state index contributed by atoms with van der Waals surface area (Å²) in [6.45, 7) is 9.82. The van der Waals surface area contributed by atoms with E-state index in [0.29, 0.717) is 11.9 Å². The van der Waals surface area contributed by atoms with Crippen molar-refractivity contribution < 1.29 is 14.1 Å². The second kappa shape index (κ2) is 5.28. The third-order valence-electron chi connectivity index (χ3n) is 3.52. The van der Waals surface area contributed by atoms with E-state index in [0.717, 1.165) is 0 Å². The zero-order valence-corrected chi connectivity index (χ0v) is 11.8. The van der Waals surface area contributed by atoms with Crippen LogP contribution in [-0.2, 0) is 14.1 Å². The lowest BCUT2D eigenvalue weighted by atomic mass is 9.84. The fraction of sp³-hybridized carbons (Fsp3) is 0.615. The quantitative estimate of drug-likeness (QED) is 0.472. The topological polar surface area (TPSA) is 61.6 Å². The second-order valence-electron chi connectivity index (χ2n) is 5.43. The predicted octanol–water partition coefficient (Wildman–Crippen LogP) is 2.07. The van der Waals surface area contributed by atoms with Crippen molar-refractivity contribution in [1.29, 1.82) is 0 Å². The summed E-state index contributed by atoms with van der Waals surface area (Å²) in [6, 6.07) is 0. The number of hydrogen-bond acceptors (Lipinski definition) is 3. The summed E-state index contributed by atoms with van der Waals surface area (Å²) in [6.07, 6.45) is 5.83. The maximum atomic E-state index is 11.0. The number of nitrogens with two attached hydrogens (primary N) is 1. The number of primary amides is 1. The predicted molar refractivity (Wildman–Crippen MR) is 73.0 cm³/mol. The standard InChI is InChI=1S/C13H22BNO3/c1-6-10(11(15)16)8-7-9-14-17-12(2,3)13(4,5)18-14/h6-8H,9H2,1-5H3,(H2,15,16)/b8-7-,10-6+. The van der Waals surface area contributed by atoms with Crippen LogP contribution in [-0.4, -0.2) is 24.2 Å². The van der Waals surface area contributed by atoms with Gasteiger partial charge in [-0.1, -0.05) is 18.2 Å². The van der Waals surface area contributed by atoms with Crippen LogP contribution in [0.2, 0.25) is 6.32 Å². The maximum absolute atomic E-state index is 11.0. The van der Waals surface area contributed by atoms with Crippen molar-refractivity contribution in [3.05, 3.63) is 23.8 Å². The first-order valence-electron chi connectivity index (χ1n) is 6.18. The zero-order valence-electron chi connectivity index (χ0n) is 11.8. The van der Waals surface area contributed by atoms with Crippen molar-refractivity contribution in [2.24, 2.45) is 5.73 Å². The molecule has 0 aromatic carbocycles. The SMILES string of the molecule is C/C=C(\C=C/CB1OC(C)(C)C(C)(C)O1)C(N)=O. The van der Waals surface area contributed by atoms with Crippen LogP contribution >= 0.6 is 0 Å². The number of amides is 1. The number of rotatable bonds is 4. The summed E-state index contributed by atoms with van der Waals surface area (Å²) in [5.41, 5.74) is 5.06. The highest BCUT2D eigenvalue weighted by Crippen LogP contribution is 2.37. The van der Waals surface area contributed by atoms with E-state index in [-0.39, 0.29) is 18.3 Å². The molecule has 0 bridgehead atoms. The fourth-order valence-corrected chi connectivity index (χ4v) is 1.69. The first-order chi connectivity index (χ1) is 8.19. The third kappa shape index (κ3) is 3.24. The molecule has 0 atom stereocenters. The van der Waals surface area contributed by atoms with E-state index in [2.05, 4.69) is 0 Å². The van der Waals surface area contributed by atoms with Crippen LogP contribution in [0.1, 0.15) is 34.6 Å². The summed E-state index contributed by atoms with van der Waals surface area (Å²) in [4.78, 5) is 11.0. The minimum atomic E-state index is -0.428. The molecule has 1 fully saturated rings. The summed E-state index contributed by atoms with van der Waals surface area (Å²) >= 11 is 0. The first-order valence-corrected chi connectivity index (χ1v) is 6.18. The molecule has 0 spiro atoms. The lowest BCUT2D eigenvalue weighted by molar-refractivity contribution is -0.114. The minimum Gasteiger partial charge on any atom is -0.403 e. The molecule has 0 aromatic heterocycles. The highest BCUT2D eigenvalue weighted by Gasteiger charge is 2.50. The van der Waals surface area contributed by atoms with Crippen molar-refractivity contribution in [2.75, 3.05) is 0 Å². The highest BCUT2D eigenvalue weighted by molar-refractivity contribution is 6.46. The summed E-state index contributed by atoms with van der Waals surface area (Å²) in [7, 11) is -0.280. The van der Waals surface area contributed by atoms with Crippen LogP contribution in [0.4, 0.5) is 0 Å². The van der Waals surface area contributed by atoms with Gasteiger partial charge in [0.1, 0.15) is 0 Å². The Bertz CT molecular complexity index is 370. The molecular weight excluding hydrogens is 229 g/mol. The Morgan fingerprint density at radius 3 is 2.11 bits per heavy atom. The molecule has 4 nitrogen and oxygen atoms in total. The summed E-state index contributed by atoms with van der Waals surface area (Å²) in [5.74, 6) is -0.428. The molecule has 1 aliphatic heterocycles. The number of carbonyl (C=O) groups excluding carboxylic acids is 1. The Kier molecular flexibility index (Phi) is 4.40. The van der Waals surface area contributed by atoms with Crippen LogP contribution in [0, 0.1) is 0 Å². The summed E-state index contributed by atoms with van der Waals surface area (Å²) < 4.78 is 11.7. The zero-order chi connectivity index (χ0) is 14.0. The van der Waals surface area contributed by atoms with Crippen molar-refractivity contribution in [2.45, 2.75) is 52.1 Å². The Hall–Kier alpha value is -1.07. The molecule has 1 heterocycles. The molecule has 0 unspecified atom stereocenters.